The summed E-state index contributed by atoms with van der Waals surface area (Å²) in [6, 6.07) is 7.49. The van der Waals surface area contributed by atoms with Gasteiger partial charge in [0.15, 0.2) is 9.84 Å². The largest absolute Gasteiger partial charge is 0.367 e. The smallest absolute Gasteiger partial charge is 0.270 e. The minimum atomic E-state index is -3.71. The topological polar surface area (TPSA) is 101 Å². The molecule has 0 bridgehead atoms. The number of carbonyl (C=O) groups is 1. The van der Waals surface area contributed by atoms with E-state index >= 15 is 0 Å². The standard InChI is InChI=1S/C18H17ClFN3O5S/c1-29(27,28)17-11-13(23(25)26)3-5-16(17)21-6-8-22(9-7-21)18(24)14-4-2-12(19)10-15(14)20/h2-5,10-11H,6-9H2,1H3. The molecule has 0 radical (unpaired) electrons. The van der Waals surface area contributed by atoms with Crippen molar-refractivity contribution in [2.24, 2.45) is 0 Å². The summed E-state index contributed by atoms with van der Waals surface area (Å²) in [5, 5.41) is 11.2. The van der Waals surface area contributed by atoms with Gasteiger partial charge in [0.1, 0.15) is 5.82 Å². The predicted molar refractivity (Wildman–Crippen MR) is 106 cm³/mol. The molecule has 8 nitrogen and oxygen atoms in total. The number of nitrogens with zero attached hydrogens (tertiary/aromatic N) is 3. The summed E-state index contributed by atoms with van der Waals surface area (Å²) in [7, 11) is -3.71. The third-order valence-corrected chi connectivity index (χ3v) is 5.98. The molecule has 0 spiro atoms. The number of anilines is 1. The number of piperazine rings is 1. The van der Waals surface area contributed by atoms with Crippen molar-refractivity contribution in [3.05, 3.63) is 62.9 Å². The summed E-state index contributed by atoms with van der Waals surface area (Å²) >= 11 is 5.71. The number of non-ortho nitro benzene ring substituents is 1. The van der Waals surface area contributed by atoms with Gasteiger partial charge in [-0.25, -0.2) is 12.8 Å². The Bertz CT molecular complexity index is 1080. The number of nitro groups is 1. The van der Waals surface area contributed by atoms with Crippen LogP contribution in [0.2, 0.25) is 5.02 Å². The van der Waals surface area contributed by atoms with Crippen LogP contribution in [-0.4, -0.2) is 56.6 Å². The number of amides is 1. The van der Waals surface area contributed by atoms with Gasteiger partial charge in [-0.15, -0.1) is 0 Å². The lowest BCUT2D eigenvalue weighted by atomic mass is 10.1. The SMILES string of the molecule is CS(=O)(=O)c1cc([N+](=O)[O-])ccc1N1CCN(C(=O)c2ccc(Cl)cc2F)CC1. The fourth-order valence-electron chi connectivity index (χ4n) is 3.16. The van der Waals surface area contributed by atoms with Gasteiger partial charge in [-0.1, -0.05) is 11.6 Å². The Hall–Kier alpha value is -2.72. The maximum atomic E-state index is 14.0. The van der Waals surface area contributed by atoms with E-state index in [1.165, 1.54) is 29.2 Å². The molecule has 11 heteroatoms. The average Bonchev–Trinajstić information content (AvgIpc) is 2.66. The van der Waals surface area contributed by atoms with E-state index in [0.29, 0.717) is 18.8 Å². The Kier molecular flexibility index (Phi) is 5.76. The van der Waals surface area contributed by atoms with Gasteiger partial charge < -0.3 is 9.80 Å². The molecule has 1 fully saturated rings. The number of hydrogen-bond donors (Lipinski definition) is 0. The van der Waals surface area contributed by atoms with Crippen LogP contribution in [0.1, 0.15) is 10.4 Å². The summed E-state index contributed by atoms with van der Waals surface area (Å²) in [6.07, 6.45) is 0.985. The molecule has 1 heterocycles. The van der Waals surface area contributed by atoms with Crippen LogP contribution in [-0.2, 0) is 9.84 Å². The quantitative estimate of drug-likeness (QED) is 0.534. The van der Waals surface area contributed by atoms with Crippen molar-refractivity contribution in [1.82, 2.24) is 4.90 Å². The summed E-state index contributed by atoms with van der Waals surface area (Å²) in [5.41, 5.74) is -0.0703. The highest BCUT2D eigenvalue weighted by atomic mass is 35.5. The number of hydrogen-bond acceptors (Lipinski definition) is 6. The van der Waals surface area contributed by atoms with Gasteiger partial charge in [0.05, 0.1) is 21.1 Å². The molecule has 1 saturated heterocycles. The second-order valence-electron chi connectivity index (χ2n) is 6.58. The van der Waals surface area contributed by atoms with Gasteiger partial charge >= 0.3 is 0 Å². The summed E-state index contributed by atoms with van der Waals surface area (Å²) in [5.74, 6) is -1.19. The molecule has 1 aliphatic heterocycles. The Morgan fingerprint density at radius 3 is 2.34 bits per heavy atom. The van der Waals surface area contributed by atoms with E-state index < -0.39 is 26.5 Å². The third kappa shape index (κ3) is 4.48. The van der Waals surface area contributed by atoms with Crippen LogP contribution in [0.4, 0.5) is 15.8 Å². The van der Waals surface area contributed by atoms with E-state index in [4.69, 9.17) is 11.6 Å². The minimum absolute atomic E-state index is 0.0880. The van der Waals surface area contributed by atoms with E-state index in [0.717, 1.165) is 18.4 Å². The molecular weight excluding hydrogens is 425 g/mol. The summed E-state index contributed by atoms with van der Waals surface area (Å²) < 4.78 is 38.3. The molecule has 0 unspecified atom stereocenters. The Morgan fingerprint density at radius 1 is 1.14 bits per heavy atom. The molecule has 1 aliphatic rings. The highest BCUT2D eigenvalue weighted by molar-refractivity contribution is 7.90. The second kappa shape index (κ2) is 7.96. The van der Waals surface area contributed by atoms with Gasteiger partial charge in [-0.2, -0.15) is 0 Å². The van der Waals surface area contributed by atoms with Gasteiger partial charge in [0.25, 0.3) is 11.6 Å². The zero-order chi connectivity index (χ0) is 21.3. The highest BCUT2D eigenvalue weighted by Crippen LogP contribution is 2.30. The number of halogens is 2. The van der Waals surface area contributed by atoms with Crippen molar-refractivity contribution in [3.8, 4) is 0 Å². The minimum Gasteiger partial charge on any atom is -0.367 e. The zero-order valence-corrected chi connectivity index (χ0v) is 16.9. The molecular formula is C18H17ClFN3O5S. The predicted octanol–water partition coefficient (Wildman–Crippen LogP) is 2.75. The summed E-state index contributed by atoms with van der Waals surface area (Å²) in [6.45, 7) is 1.06. The Morgan fingerprint density at radius 2 is 1.79 bits per heavy atom. The van der Waals surface area contributed by atoms with Crippen molar-refractivity contribution in [2.75, 3.05) is 37.3 Å². The van der Waals surface area contributed by atoms with E-state index in [9.17, 15) is 27.7 Å². The second-order valence-corrected chi connectivity index (χ2v) is 9.01. The van der Waals surface area contributed by atoms with Gasteiger partial charge in [0.2, 0.25) is 0 Å². The normalized spacial score (nSPS) is 14.7. The molecule has 3 rings (SSSR count). The van der Waals surface area contributed by atoms with Crippen LogP contribution >= 0.6 is 11.6 Å². The molecule has 0 saturated carbocycles. The van der Waals surface area contributed by atoms with E-state index in [-0.39, 0.29) is 34.3 Å². The molecule has 0 aliphatic carbocycles. The number of sulfone groups is 1. The summed E-state index contributed by atoms with van der Waals surface area (Å²) in [4.78, 5) is 26.0. The van der Waals surface area contributed by atoms with Crippen molar-refractivity contribution in [1.29, 1.82) is 0 Å². The maximum absolute atomic E-state index is 14.0. The first-order valence-corrected chi connectivity index (χ1v) is 10.8. The molecule has 2 aromatic carbocycles. The van der Waals surface area contributed by atoms with Crippen LogP contribution < -0.4 is 4.90 Å². The lowest BCUT2D eigenvalue weighted by molar-refractivity contribution is -0.385. The van der Waals surface area contributed by atoms with Crippen molar-refractivity contribution in [2.45, 2.75) is 4.90 Å². The fraction of sp³-hybridized carbons (Fsp3) is 0.278. The maximum Gasteiger partial charge on any atom is 0.270 e. The number of benzene rings is 2. The lowest BCUT2D eigenvalue weighted by Crippen LogP contribution is -2.49. The van der Waals surface area contributed by atoms with E-state index in [1.807, 2.05) is 0 Å². The number of carbonyl (C=O) groups excluding carboxylic acids is 1. The Labute approximate surface area is 171 Å². The van der Waals surface area contributed by atoms with E-state index in [2.05, 4.69) is 0 Å². The van der Waals surface area contributed by atoms with Gasteiger partial charge in [-0.05, 0) is 24.3 Å². The van der Waals surface area contributed by atoms with Crippen LogP contribution in [0, 0.1) is 15.9 Å². The molecule has 1 amide bonds. The average molecular weight is 442 g/mol. The van der Waals surface area contributed by atoms with Crippen LogP contribution in [0.5, 0.6) is 0 Å². The van der Waals surface area contributed by atoms with E-state index in [1.54, 1.807) is 4.90 Å². The fourth-order valence-corrected chi connectivity index (χ4v) is 4.23. The monoisotopic (exact) mass is 441 g/mol. The van der Waals surface area contributed by atoms with Crippen LogP contribution in [0.3, 0.4) is 0 Å². The van der Waals surface area contributed by atoms with Crippen LogP contribution in [0.25, 0.3) is 0 Å². The zero-order valence-electron chi connectivity index (χ0n) is 15.3. The van der Waals surface area contributed by atoms with Gasteiger partial charge in [-0.3, -0.25) is 14.9 Å². The van der Waals surface area contributed by atoms with Crippen molar-refractivity contribution < 1.29 is 22.5 Å². The van der Waals surface area contributed by atoms with Crippen LogP contribution in [0.15, 0.2) is 41.3 Å². The highest BCUT2D eigenvalue weighted by Gasteiger charge is 2.28. The number of nitro benzene ring substituents is 1. The first-order chi connectivity index (χ1) is 13.6. The van der Waals surface area contributed by atoms with Gasteiger partial charge in [0, 0.05) is 49.6 Å². The Balaban J connectivity index is 1.80. The molecule has 29 heavy (non-hydrogen) atoms. The molecule has 0 atom stereocenters. The first kappa shape index (κ1) is 21.0. The lowest BCUT2D eigenvalue weighted by Gasteiger charge is -2.36. The molecule has 0 aromatic heterocycles. The van der Waals surface area contributed by atoms with Crippen molar-refractivity contribution in [3.63, 3.8) is 0 Å². The first-order valence-electron chi connectivity index (χ1n) is 8.55. The molecule has 154 valence electrons. The molecule has 0 N–H and O–H groups in total. The number of rotatable bonds is 4. The molecule has 2 aromatic rings. The third-order valence-electron chi connectivity index (χ3n) is 4.62. The van der Waals surface area contributed by atoms with Crippen molar-refractivity contribution >= 4 is 38.7 Å².